The zero-order valence-electron chi connectivity index (χ0n) is 9.36. The number of carbonyl (C=O) groups is 2. The van der Waals surface area contributed by atoms with E-state index in [2.05, 4.69) is 0 Å². The zero-order chi connectivity index (χ0) is 12.3. The van der Waals surface area contributed by atoms with Crippen molar-refractivity contribution in [2.24, 2.45) is 5.73 Å². The Morgan fingerprint density at radius 1 is 1.44 bits per heavy atom. The van der Waals surface area contributed by atoms with E-state index in [1.54, 1.807) is 6.07 Å². The van der Waals surface area contributed by atoms with Crippen LogP contribution in [0.1, 0.15) is 27.0 Å². The smallest absolute Gasteiger partial charge is 0.320 e. The number of carboxylic acids is 1. The summed E-state index contributed by atoms with van der Waals surface area (Å²) in [6.45, 7) is 3.82. The molecule has 1 rings (SSSR count). The van der Waals surface area contributed by atoms with Gasteiger partial charge in [0.25, 0.3) is 0 Å². The van der Waals surface area contributed by atoms with Crippen molar-refractivity contribution in [1.29, 1.82) is 0 Å². The normalized spacial score (nSPS) is 12.2. The first-order valence-electron chi connectivity index (χ1n) is 4.99. The van der Waals surface area contributed by atoms with Gasteiger partial charge in [0.2, 0.25) is 0 Å². The number of aryl methyl sites for hydroxylation is 2. The third-order valence-corrected chi connectivity index (χ3v) is 2.64. The van der Waals surface area contributed by atoms with E-state index >= 15 is 0 Å². The van der Waals surface area contributed by atoms with Gasteiger partial charge in [-0.15, -0.1) is 0 Å². The highest BCUT2D eigenvalue weighted by Gasteiger charge is 2.15. The average Bonchev–Trinajstić information content (AvgIpc) is 2.22. The number of benzene rings is 1. The first-order valence-corrected chi connectivity index (χ1v) is 4.99. The Hall–Kier alpha value is -1.68. The third-order valence-electron chi connectivity index (χ3n) is 2.64. The molecular weight excluding hydrogens is 206 g/mol. The maximum Gasteiger partial charge on any atom is 0.320 e. The monoisotopic (exact) mass is 221 g/mol. The van der Waals surface area contributed by atoms with Gasteiger partial charge in [-0.05, 0) is 43.0 Å². The van der Waals surface area contributed by atoms with E-state index < -0.39 is 12.0 Å². The highest BCUT2D eigenvalue weighted by atomic mass is 16.4. The van der Waals surface area contributed by atoms with Crippen LogP contribution in [0.15, 0.2) is 12.1 Å². The molecule has 1 aromatic carbocycles. The predicted octanol–water partition coefficient (Wildman–Crippen LogP) is 1.07. The van der Waals surface area contributed by atoms with Gasteiger partial charge in [0.1, 0.15) is 12.3 Å². The molecule has 1 aromatic rings. The van der Waals surface area contributed by atoms with Crippen LogP contribution in [-0.4, -0.2) is 23.4 Å². The summed E-state index contributed by atoms with van der Waals surface area (Å²) in [7, 11) is 0. The van der Waals surface area contributed by atoms with Gasteiger partial charge in [0, 0.05) is 5.56 Å². The second kappa shape index (κ2) is 4.90. The minimum absolute atomic E-state index is 0.171. The lowest BCUT2D eigenvalue weighted by molar-refractivity contribution is -0.138. The van der Waals surface area contributed by atoms with Crippen molar-refractivity contribution in [2.75, 3.05) is 0 Å². The molecule has 0 aromatic heterocycles. The predicted molar refractivity (Wildman–Crippen MR) is 60.6 cm³/mol. The minimum atomic E-state index is -1.06. The summed E-state index contributed by atoms with van der Waals surface area (Å²) in [5.41, 5.74) is 8.68. The van der Waals surface area contributed by atoms with Crippen molar-refractivity contribution in [2.45, 2.75) is 26.3 Å². The molecule has 1 unspecified atom stereocenters. The molecule has 86 valence electrons. The molecule has 0 aliphatic rings. The van der Waals surface area contributed by atoms with Gasteiger partial charge < -0.3 is 10.8 Å². The molecule has 16 heavy (non-hydrogen) atoms. The fourth-order valence-corrected chi connectivity index (χ4v) is 1.51. The molecule has 0 heterocycles. The lowest BCUT2D eigenvalue weighted by Crippen LogP contribution is -2.32. The van der Waals surface area contributed by atoms with Gasteiger partial charge in [0.05, 0.1) is 0 Å². The van der Waals surface area contributed by atoms with E-state index in [0.717, 1.165) is 17.4 Å². The summed E-state index contributed by atoms with van der Waals surface area (Å²) in [5, 5.41) is 8.72. The van der Waals surface area contributed by atoms with Crippen LogP contribution in [0.5, 0.6) is 0 Å². The quantitative estimate of drug-likeness (QED) is 0.745. The van der Waals surface area contributed by atoms with Crippen LogP contribution in [0.25, 0.3) is 0 Å². The van der Waals surface area contributed by atoms with Gasteiger partial charge in [0.15, 0.2) is 0 Å². The second-order valence-electron chi connectivity index (χ2n) is 3.90. The van der Waals surface area contributed by atoms with Gasteiger partial charge in [-0.2, -0.15) is 0 Å². The van der Waals surface area contributed by atoms with Crippen LogP contribution in [-0.2, 0) is 11.2 Å². The summed E-state index contributed by atoms with van der Waals surface area (Å²) in [5.74, 6) is -1.06. The number of aldehydes is 1. The summed E-state index contributed by atoms with van der Waals surface area (Å²) in [6, 6.07) is 2.61. The Morgan fingerprint density at radius 3 is 2.50 bits per heavy atom. The van der Waals surface area contributed by atoms with Crippen molar-refractivity contribution < 1.29 is 14.7 Å². The number of carbonyl (C=O) groups excluding carboxylic acids is 1. The van der Waals surface area contributed by atoms with Crippen molar-refractivity contribution in [3.8, 4) is 0 Å². The van der Waals surface area contributed by atoms with Crippen LogP contribution >= 0.6 is 0 Å². The van der Waals surface area contributed by atoms with Crippen molar-refractivity contribution in [3.05, 3.63) is 34.4 Å². The summed E-state index contributed by atoms with van der Waals surface area (Å²) in [6.07, 6.45) is 0.904. The Bertz CT molecular complexity index is 427. The fraction of sp³-hybridized carbons (Fsp3) is 0.333. The van der Waals surface area contributed by atoms with E-state index in [1.807, 2.05) is 19.9 Å². The van der Waals surface area contributed by atoms with Gasteiger partial charge in [-0.3, -0.25) is 9.59 Å². The van der Waals surface area contributed by atoms with Crippen LogP contribution in [0.4, 0.5) is 0 Å². The first kappa shape index (κ1) is 12.4. The van der Waals surface area contributed by atoms with Crippen LogP contribution in [0.3, 0.4) is 0 Å². The fourth-order valence-electron chi connectivity index (χ4n) is 1.51. The second-order valence-corrected chi connectivity index (χ2v) is 3.90. The molecule has 0 fully saturated rings. The first-order chi connectivity index (χ1) is 7.45. The van der Waals surface area contributed by atoms with Crippen molar-refractivity contribution in [3.63, 3.8) is 0 Å². The standard InChI is InChI=1S/C12H15NO3/c1-7-3-9(5-11(13)12(15)16)10(6-14)4-8(7)2/h3-4,6,11H,5,13H2,1-2H3,(H,15,16). The molecule has 0 saturated carbocycles. The Balaban J connectivity index is 3.07. The Kier molecular flexibility index (Phi) is 3.79. The largest absolute Gasteiger partial charge is 0.480 e. The highest BCUT2D eigenvalue weighted by Crippen LogP contribution is 2.16. The molecule has 0 bridgehead atoms. The highest BCUT2D eigenvalue weighted by molar-refractivity contribution is 5.79. The third kappa shape index (κ3) is 2.67. The topological polar surface area (TPSA) is 80.4 Å². The number of hydrogen-bond acceptors (Lipinski definition) is 3. The molecule has 0 aliphatic heterocycles. The van der Waals surface area contributed by atoms with E-state index in [1.165, 1.54) is 0 Å². The molecule has 0 amide bonds. The summed E-state index contributed by atoms with van der Waals surface area (Å²) in [4.78, 5) is 21.5. The van der Waals surface area contributed by atoms with Gasteiger partial charge >= 0.3 is 5.97 Å². The Morgan fingerprint density at radius 2 is 2.00 bits per heavy atom. The molecule has 4 nitrogen and oxygen atoms in total. The van der Waals surface area contributed by atoms with Crippen LogP contribution in [0, 0.1) is 13.8 Å². The molecule has 3 N–H and O–H groups in total. The van der Waals surface area contributed by atoms with Gasteiger partial charge in [-0.1, -0.05) is 6.07 Å². The van der Waals surface area contributed by atoms with E-state index in [-0.39, 0.29) is 6.42 Å². The number of rotatable bonds is 4. The lowest BCUT2D eigenvalue weighted by atomic mass is 9.96. The average molecular weight is 221 g/mol. The molecule has 0 saturated heterocycles. The summed E-state index contributed by atoms with van der Waals surface area (Å²) >= 11 is 0. The molecule has 0 aliphatic carbocycles. The van der Waals surface area contributed by atoms with E-state index in [4.69, 9.17) is 10.8 Å². The van der Waals surface area contributed by atoms with Crippen LogP contribution in [0.2, 0.25) is 0 Å². The lowest BCUT2D eigenvalue weighted by Gasteiger charge is -2.11. The van der Waals surface area contributed by atoms with Crippen LogP contribution < -0.4 is 5.73 Å². The van der Waals surface area contributed by atoms with Gasteiger partial charge in [-0.25, -0.2) is 0 Å². The Labute approximate surface area is 94.1 Å². The van der Waals surface area contributed by atoms with E-state index in [0.29, 0.717) is 11.1 Å². The number of hydrogen-bond donors (Lipinski definition) is 2. The zero-order valence-corrected chi connectivity index (χ0v) is 9.36. The number of nitrogens with two attached hydrogens (primary N) is 1. The molecule has 0 radical (unpaired) electrons. The maximum atomic E-state index is 10.9. The maximum absolute atomic E-state index is 10.9. The summed E-state index contributed by atoms with van der Waals surface area (Å²) < 4.78 is 0. The molecule has 1 atom stereocenters. The molecule has 4 heteroatoms. The van der Waals surface area contributed by atoms with E-state index in [9.17, 15) is 9.59 Å². The number of carboxylic acid groups (broad SMARTS) is 1. The SMILES string of the molecule is Cc1cc(C=O)c(CC(N)C(=O)O)cc1C. The molecule has 0 spiro atoms. The van der Waals surface area contributed by atoms with Crippen molar-refractivity contribution in [1.82, 2.24) is 0 Å². The van der Waals surface area contributed by atoms with Crippen molar-refractivity contribution >= 4 is 12.3 Å². The minimum Gasteiger partial charge on any atom is -0.480 e. The number of aliphatic carboxylic acids is 1. The molecular formula is C12H15NO3.